The van der Waals surface area contributed by atoms with Gasteiger partial charge < -0.3 is 16.0 Å². The van der Waals surface area contributed by atoms with Crippen LogP contribution in [0, 0.1) is 0 Å². The van der Waals surface area contributed by atoms with Crippen molar-refractivity contribution in [2.45, 2.75) is 31.7 Å². The number of benzene rings is 1. The molecule has 1 unspecified atom stereocenters. The molecule has 1 aliphatic rings. The van der Waals surface area contributed by atoms with Gasteiger partial charge in [-0.15, -0.1) is 0 Å². The molecule has 0 aromatic heterocycles. The first-order chi connectivity index (χ1) is 9.70. The van der Waals surface area contributed by atoms with Crippen LogP contribution in [-0.2, 0) is 4.79 Å². The lowest BCUT2D eigenvalue weighted by molar-refractivity contribution is -0.118. The van der Waals surface area contributed by atoms with E-state index in [1.165, 1.54) is 6.42 Å². The fourth-order valence-corrected chi connectivity index (χ4v) is 2.36. The smallest absolute Gasteiger partial charge is 0.251 e. The molecule has 108 valence electrons. The van der Waals surface area contributed by atoms with Crippen LogP contribution in [0.3, 0.4) is 0 Å². The molecule has 20 heavy (non-hydrogen) atoms. The molecule has 0 bridgehead atoms. The summed E-state index contributed by atoms with van der Waals surface area (Å²) < 4.78 is 0. The highest BCUT2D eigenvalue weighted by Gasteiger charge is 2.19. The van der Waals surface area contributed by atoms with Crippen molar-refractivity contribution >= 4 is 17.5 Å². The third-order valence-corrected chi connectivity index (χ3v) is 3.50. The van der Waals surface area contributed by atoms with E-state index in [4.69, 9.17) is 0 Å². The first kappa shape index (κ1) is 14.5. The van der Waals surface area contributed by atoms with Gasteiger partial charge in [0.15, 0.2) is 0 Å². The van der Waals surface area contributed by atoms with Gasteiger partial charge in [0.1, 0.15) is 0 Å². The van der Waals surface area contributed by atoms with Gasteiger partial charge >= 0.3 is 0 Å². The van der Waals surface area contributed by atoms with E-state index >= 15 is 0 Å². The minimum atomic E-state index is -0.159. The molecule has 5 nitrogen and oxygen atoms in total. The molecular formula is C15H21N3O2. The maximum atomic E-state index is 12.2. The number of carbonyl (C=O) groups excluding carboxylic acids is 2. The third-order valence-electron chi connectivity index (χ3n) is 3.50. The number of rotatable bonds is 3. The highest BCUT2D eigenvalue weighted by molar-refractivity contribution is 5.98. The van der Waals surface area contributed by atoms with Crippen LogP contribution in [0.5, 0.6) is 0 Å². The summed E-state index contributed by atoms with van der Waals surface area (Å²) in [6.45, 7) is 0.885. The fourth-order valence-electron chi connectivity index (χ4n) is 2.36. The van der Waals surface area contributed by atoms with Crippen molar-refractivity contribution in [2.24, 2.45) is 0 Å². The number of hydrogen-bond acceptors (Lipinski definition) is 3. The summed E-state index contributed by atoms with van der Waals surface area (Å²) in [6, 6.07) is 6.83. The van der Waals surface area contributed by atoms with E-state index in [1.54, 1.807) is 31.3 Å². The van der Waals surface area contributed by atoms with Crippen LogP contribution in [0.25, 0.3) is 0 Å². The summed E-state index contributed by atoms with van der Waals surface area (Å²) >= 11 is 0. The van der Waals surface area contributed by atoms with Crippen LogP contribution in [0.2, 0.25) is 0 Å². The minimum absolute atomic E-state index is 0.0269. The Hall–Kier alpha value is -1.88. The predicted molar refractivity (Wildman–Crippen MR) is 78.7 cm³/mol. The third kappa shape index (κ3) is 3.81. The standard InChI is InChI=1S/C15H21N3O2/c1-16-14(19)11-6-5-7-12(10-11)18-15(20)13-8-3-2-4-9-17-13/h5-7,10,13,17H,2-4,8-9H2,1H3,(H,16,19)(H,18,20). The molecule has 1 atom stereocenters. The van der Waals surface area contributed by atoms with Crippen molar-refractivity contribution in [3.8, 4) is 0 Å². The Kier molecular flexibility index (Phi) is 5.12. The highest BCUT2D eigenvalue weighted by Crippen LogP contribution is 2.14. The molecule has 1 heterocycles. The van der Waals surface area contributed by atoms with E-state index in [0.717, 1.165) is 25.8 Å². The zero-order valence-corrected chi connectivity index (χ0v) is 11.7. The molecular weight excluding hydrogens is 254 g/mol. The van der Waals surface area contributed by atoms with Crippen LogP contribution in [0.15, 0.2) is 24.3 Å². The highest BCUT2D eigenvalue weighted by atomic mass is 16.2. The summed E-state index contributed by atoms with van der Waals surface area (Å²) in [4.78, 5) is 23.8. The molecule has 3 N–H and O–H groups in total. The lowest BCUT2D eigenvalue weighted by Gasteiger charge is -2.15. The molecule has 2 rings (SSSR count). The van der Waals surface area contributed by atoms with Gasteiger partial charge in [-0.2, -0.15) is 0 Å². The molecule has 1 aromatic rings. The van der Waals surface area contributed by atoms with Crippen LogP contribution >= 0.6 is 0 Å². The summed E-state index contributed by atoms with van der Waals surface area (Å²) in [5, 5.41) is 8.71. The molecule has 1 saturated heterocycles. The maximum Gasteiger partial charge on any atom is 0.251 e. The first-order valence-corrected chi connectivity index (χ1v) is 7.07. The lowest BCUT2D eigenvalue weighted by atomic mass is 10.1. The topological polar surface area (TPSA) is 70.2 Å². The molecule has 0 saturated carbocycles. The largest absolute Gasteiger partial charge is 0.355 e. The van der Waals surface area contributed by atoms with Gasteiger partial charge in [0, 0.05) is 18.3 Å². The van der Waals surface area contributed by atoms with Gasteiger partial charge in [0.05, 0.1) is 6.04 Å². The van der Waals surface area contributed by atoms with E-state index in [-0.39, 0.29) is 17.9 Å². The molecule has 5 heteroatoms. The Morgan fingerprint density at radius 2 is 2.10 bits per heavy atom. The molecule has 0 radical (unpaired) electrons. The van der Waals surface area contributed by atoms with Crippen molar-refractivity contribution in [3.05, 3.63) is 29.8 Å². The van der Waals surface area contributed by atoms with Crippen molar-refractivity contribution in [2.75, 3.05) is 18.9 Å². The molecule has 1 aliphatic heterocycles. The number of amides is 2. The number of nitrogens with one attached hydrogen (secondary N) is 3. The SMILES string of the molecule is CNC(=O)c1cccc(NC(=O)C2CCCCCN2)c1. The van der Waals surface area contributed by atoms with Crippen LogP contribution < -0.4 is 16.0 Å². The zero-order valence-electron chi connectivity index (χ0n) is 11.7. The van der Waals surface area contributed by atoms with E-state index in [1.807, 2.05) is 0 Å². The Balaban J connectivity index is 2.01. The second-order valence-electron chi connectivity index (χ2n) is 5.01. The van der Waals surface area contributed by atoms with Gasteiger partial charge in [-0.25, -0.2) is 0 Å². The summed E-state index contributed by atoms with van der Waals surface area (Å²) in [5.74, 6) is -0.186. The number of anilines is 1. The van der Waals surface area contributed by atoms with Crippen LogP contribution in [-0.4, -0.2) is 31.4 Å². The quantitative estimate of drug-likeness (QED) is 0.783. The van der Waals surface area contributed by atoms with Crippen LogP contribution in [0.1, 0.15) is 36.0 Å². The Morgan fingerprint density at radius 3 is 2.90 bits per heavy atom. The lowest BCUT2D eigenvalue weighted by Crippen LogP contribution is -2.39. The first-order valence-electron chi connectivity index (χ1n) is 7.07. The molecule has 1 aromatic carbocycles. The summed E-state index contributed by atoms with van der Waals surface area (Å²) in [7, 11) is 1.59. The second kappa shape index (κ2) is 7.05. The molecule has 0 spiro atoms. The number of carbonyl (C=O) groups is 2. The van der Waals surface area contributed by atoms with Gasteiger partial charge in [-0.3, -0.25) is 9.59 Å². The number of hydrogen-bond donors (Lipinski definition) is 3. The van der Waals surface area contributed by atoms with Crippen LogP contribution in [0.4, 0.5) is 5.69 Å². The van der Waals surface area contributed by atoms with Gasteiger partial charge in [-0.1, -0.05) is 18.9 Å². The zero-order chi connectivity index (χ0) is 14.4. The van der Waals surface area contributed by atoms with Gasteiger partial charge in [-0.05, 0) is 37.6 Å². The maximum absolute atomic E-state index is 12.2. The average molecular weight is 275 g/mol. The van der Waals surface area contributed by atoms with E-state index < -0.39 is 0 Å². The molecule has 1 fully saturated rings. The Labute approximate surface area is 119 Å². The van der Waals surface area contributed by atoms with Crippen molar-refractivity contribution in [1.82, 2.24) is 10.6 Å². The fraction of sp³-hybridized carbons (Fsp3) is 0.467. The van der Waals surface area contributed by atoms with Crippen molar-refractivity contribution in [1.29, 1.82) is 0 Å². The molecule has 2 amide bonds. The Bertz CT molecular complexity index is 480. The minimum Gasteiger partial charge on any atom is -0.355 e. The van der Waals surface area contributed by atoms with Crippen molar-refractivity contribution in [3.63, 3.8) is 0 Å². The second-order valence-corrected chi connectivity index (χ2v) is 5.01. The van der Waals surface area contributed by atoms with Gasteiger partial charge in [0.2, 0.25) is 5.91 Å². The van der Waals surface area contributed by atoms with E-state index in [9.17, 15) is 9.59 Å². The summed E-state index contributed by atoms with van der Waals surface area (Å²) in [5.41, 5.74) is 1.20. The van der Waals surface area contributed by atoms with E-state index in [2.05, 4.69) is 16.0 Å². The monoisotopic (exact) mass is 275 g/mol. The van der Waals surface area contributed by atoms with Crippen molar-refractivity contribution < 1.29 is 9.59 Å². The summed E-state index contributed by atoms with van der Waals surface area (Å²) in [6.07, 6.45) is 4.23. The van der Waals surface area contributed by atoms with E-state index in [0.29, 0.717) is 11.3 Å². The molecule has 0 aliphatic carbocycles. The Morgan fingerprint density at radius 1 is 1.25 bits per heavy atom. The predicted octanol–water partition coefficient (Wildman–Crippen LogP) is 1.52. The average Bonchev–Trinajstić information content (AvgIpc) is 2.76. The normalized spacial score (nSPS) is 18.9. The van der Waals surface area contributed by atoms with Gasteiger partial charge in [0.25, 0.3) is 5.91 Å².